The molecule has 0 atom stereocenters. The minimum atomic E-state index is -0.0997. The highest BCUT2D eigenvalue weighted by atomic mass is 16.4. The van der Waals surface area contributed by atoms with Crippen molar-refractivity contribution in [3.05, 3.63) is 23.7 Å². The average molecular weight is 226 g/mol. The third kappa shape index (κ3) is 3.67. The van der Waals surface area contributed by atoms with Gasteiger partial charge < -0.3 is 19.7 Å². The van der Waals surface area contributed by atoms with Crippen LogP contribution in [0.4, 0.5) is 0 Å². The molecule has 2 N–H and O–H groups in total. The van der Waals surface area contributed by atoms with E-state index in [4.69, 9.17) is 9.52 Å². The fourth-order valence-electron chi connectivity index (χ4n) is 1.21. The number of furan rings is 1. The topological polar surface area (TPSA) is 65.7 Å². The summed E-state index contributed by atoms with van der Waals surface area (Å²) in [7, 11) is 1.76. The Morgan fingerprint density at radius 1 is 1.50 bits per heavy atom. The van der Waals surface area contributed by atoms with Crippen molar-refractivity contribution < 1.29 is 14.3 Å². The second-order valence-electron chi connectivity index (χ2n) is 3.54. The van der Waals surface area contributed by atoms with Gasteiger partial charge in [-0.15, -0.1) is 0 Å². The number of carbonyl (C=O) groups is 1. The van der Waals surface area contributed by atoms with Crippen LogP contribution in [0.1, 0.15) is 18.4 Å². The van der Waals surface area contributed by atoms with Crippen molar-refractivity contribution in [3.63, 3.8) is 0 Å². The second kappa shape index (κ2) is 6.30. The SMILES string of the molecule is CCN(C)C(=O)CNCc1ccc(CO)o1. The number of amides is 1. The zero-order valence-corrected chi connectivity index (χ0v) is 9.69. The molecule has 1 rings (SSSR count). The molecule has 0 bridgehead atoms. The summed E-state index contributed by atoms with van der Waals surface area (Å²) in [5.41, 5.74) is 0. The van der Waals surface area contributed by atoms with E-state index in [1.807, 2.05) is 6.92 Å². The van der Waals surface area contributed by atoms with Crippen LogP contribution < -0.4 is 5.32 Å². The van der Waals surface area contributed by atoms with E-state index in [0.717, 1.165) is 5.76 Å². The molecule has 0 aliphatic rings. The zero-order chi connectivity index (χ0) is 12.0. The minimum Gasteiger partial charge on any atom is -0.462 e. The average Bonchev–Trinajstić information content (AvgIpc) is 2.75. The van der Waals surface area contributed by atoms with Crippen LogP contribution in [0.2, 0.25) is 0 Å². The molecule has 1 amide bonds. The van der Waals surface area contributed by atoms with Crippen LogP contribution in [0.15, 0.2) is 16.5 Å². The van der Waals surface area contributed by atoms with Gasteiger partial charge >= 0.3 is 0 Å². The molecule has 0 fully saturated rings. The molecule has 1 heterocycles. The molecule has 0 saturated heterocycles. The van der Waals surface area contributed by atoms with Crippen molar-refractivity contribution in [2.24, 2.45) is 0 Å². The van der Waals surface area contributed by atoms with E-state index in [0.29, 0.717) is 25.4 Å². The number of nitrogens with one attached hydrogen (secondary N) is 1. The van der Waals surface area contributed by atoms with Gasteiger partial charge in [0, 0.05) is 13.6 Å². The molecule has 5 heteroatoms. The highest BCUT2D eigenvalue weighted by Crippen LogP contribution is 2.06. The van der Waals surface area contributed by atoms with Crippen molar-refractivity contribution in [1.29, 1.82) is 0 Å². The molecule has 0 spiro atoms. The molecule has 0 aliphatic carbocycles. The van der Waals surface area contributed by atoms with Gasteiger partial charge in [0.2, 0.25) is 5.91 Å². The first-order chi connectivity index (χ1) is 7.67. The lowest BCUT2D eigenvalue weighted by molar-refractivity contribution is -0.128. The lowest BCUT2D eigenvalue weighted by Gasteiger charge is -2.14. The summed E-state index contributed by atoms with van der Waals surface area (Å²) in [6.07, 6.45) is 0. The van der Waals surface area contributed by atoms with Gasteiger partial charge in [0.15, 0.2) is 0 Å². The molecule has 16 heavy (non-hydrogen) atoms. The third-order valence-corrected chi connectivity index (χ3v) is 2.35. The number of aliphatic hydroxyl groups is 1. The Hall–Kier alpha value is -1.33. The number of aliphatic hydroxyl groups excluding tert-OH is 1. The van der Waals surface area contributed by atoms with Gasteiger partial charge in [0.1, 0.15) is 18.1 Å². The summed E-state index contributed by atoms with van der Waals surface area (Å²) in [6, 6.07) is 3.50. The molecule has 90 valence electrons. The van der Waals surface area contributed by atoms with Crippen molar-refractivity contribution in [2.45, 2.75) is 20.1 Å². The highest BCUT2D eigenvalue weighted by molar-refractivity contribution is 5.77. The van der Waals surface area contributed by atoms with E-state index in [9.17, 15) is 4.79 Å². The van der Waals surface area contributed by atoms with Gasteiger partial charge in [-0.2, -0.15) is 0 Å². The molecule has 0 aliphatic heterocycles. The van der Waals surface area contributed by atoms with E-state index < -0.39 is 0 Å². The van der Waals surface area contributed by atoms with Gasteiger partial charge in [-0.05, 0) is 19.1 Å². The number of carbonyl (C=O) groups excluding carboxylic acids is 1. The highest BCUT2D eigenvalue weighted by Gasteiger charge is 2.06. The van der Waals surface area contributed by atoms with Crippen molar-refractivity contribution in [3.8, 4) is 0 Å². The third-order valence-electron chi connectivity index (χ3n) is 2.35. The monoisotopic (exact) mass is 226 g/mol. The van der Waals surface area contributed by atoms with Crippen molar-refractivity contribution in [2.75, 3.05) is 20.1 Å². The zero-order valence-electron chi connectivity index (χ0n) is 9.69. The number of nitrogens with zero attached hydrogens (tertiary/aromatic N) is 1. The summed E-state index contributed by atoms with van der Waals surface area (Å²) in [6.45, 7) is 3.31. The van der Waals surface area contributed by atoms with E-state index in [-0.39, 0.29) is 12.5 Å². The predicted octanol–water partition coefficient (Wildman–Crippen LogP) is 0.340. The Bertz CT molecular complexity index is 336. The van der Waals surface area contributed by atoms with Gasteiger partial charge in [0.25, 0.3) is 0 Å². The van der Waals surface area contributed by atoms with Crippen molar-refractivity contribution >= 4 is 5.91 Å². The van der Waals surface area contributed by atoms with E-state index >= 15 is 0 Å². The number of hydrogen-bond acceptors (Lipinski definition) is 4. The summed E-state index contributed by atoms with van der Waals surface area (Å²) in [4.78, 5) is 13.1. The van der Waals surface area contributed by atoms with Gasteiger partial charge in [-0.25, -0.2) is 0 Å². The lowest BCUT2D eigenvalue weighted by Crippen LogP contribution is -2.35. The minimum absolute atomic E-state index is 0.0523. The van der Waals surface area contributed by atoms with E-state index in [1.54, 1.807) is 24.1 Å². The molecule has 0 aromatic carbocycles. The first-order valence-corrected chi connectivity index (χ1v) is 5.30. The predicted molar refractivity (Wildman–Crippen MR) is 59.6 cm³/mol. The molecule has 0 unspecified atom stereocenters. The second-order valence-corrected chi connectivity index (χ2v) is 3.54. The largest absolute Gasteiger partial charge is 0.462 e. The first-order valence-electron chi connectivity index (χ1n) is 5.30. The Labute approximate surface area is 95.0 Å². The maximum Gasteiger partial charge on any atom is 0.236 e. The van der Waals surface area contributed by atoms with Crippen LogP contribution in [0.25, 0.3) is 0 Å². The fourth-order valence-corrected chi connectivity index (χ4v) is 1.21. The summed E-state index contributed by atoms with van der Waals surface area (Å²) in [5.74, 6) is 1.31. The first kappa shape index (κ1) is 12.7. The Kier molecular flexibility index (Phi) is 5.01. The van der Waals surface area contributed by atoms with E-state index in [1.165, 1.54) is 0 Å². The van der Waals surface area contributed by atoms with Crippen LogP contribution in [0.3, 0.4) is 0 Å². The van der Waals surface area contributed by atoms with Gasteiger partial charge in [0.05, 0.1) is 13.1 Å². The standard InChI is InChI=1S/C11H18N2O3/c1-3-13(2)11(15)7-12-6-9-4-5-10(8-14)16-9/h4-5,12,14H,3,6-8H2,1-2H3. The van der Waals surface area contributed by atoms with E-state index in [2.05, 4.69) is 5.32 Å². The summed E-state index contributed by atoms with van der Waals surface area (Å²) < 4.78 is 5.26. The maximum atomic E-state index is 11.4. The molecular weight excluding hydrogens is 208 g/mol. The maximum absolute atomic E-state index is 11.4. The number of hydrogen-bond donors (Lipinski definition) is 2. The van der Waals surface area contributed by atoms with Gasteiger partial charge in [-0.3, -0.25) is 4.79 Å². The fraction of sp³-hybridized carbons (Fsp3) is 0.545. The van der Waals surface area contributed by atoms with Crippen LogP contribution in [0.5, 0.6) is 0 Å². The van der Waals surface area contributed by atoms with Gasteiger partial charge in [-0.1, -0.05) is 0 Å². The van der Waals surface area contributed by atoms with Crippen LogP contribution in [-0.4, -0.2) is 36.1 Å². The van der Waals surface area contributed by atoms with Crippen molar-refractivity contribution in [1.82, 2.24) is 10.2 Å². The van der Waals surface area contributed by atoms with Crippen LogP contribution in [0, 0.1) is 0 Å². The Morgan fingerprint density at radius 2 is 2.19 bits per heavy atom. The quantitative estimate of drug-likeness (QED) is 0.734. The lowest BCUT2D eigenvalue weighted by atomic mass is 10.4. The summed E-state index contributed by atoms with van der Waals surface area (Å²) >= 11 is 0. The smallest absolute Gasteiger partial charge is 0.236 e. The number of rotatable bonds is 6. The van der Waals surface area contributed by atoms with Crippen LogP contribution in [-0.2, 0) is 17.9 Å². The molecule has 0 radical (unpaired) electrons. The summed E-state index contributed by atoms with van der Waals surface area (Å²) in [5, 5.41) is 11.8. The normalized spacial score (nSPS) is 10.4. The number of likely N-dealkylation sites (N-methyl/N-ethyl adjacent to an activating group) is 1. The molecule has 1 aromatic heterocycles. The molecule has 0 saturated carbocycles. The van der Waals surface area contributed by atoms with Crippen LogP contribution >= 0.6 is 0 Å². The Morgan fingerprint density at radius 3 is 2.75 bits per heavy atom. The molecule has 5 nitrogen and oxygen atoms in total. The molecule has 1 aromatic rings. The Balaban J connectivity index is 2.27. The molecular formula is C11H18N2O3.